The van der Waals surface area contributed by atoms with Gasteiger partial charge in [0.2, 0.25) is 0 Å². The predicted molar refractivity (Wildman–Crippen MR) is 96.7 cm³/mol. The molecule has 29 heavy (non-hydrogen) atoms. The monoisotopic (exact) mass is 406 g/mol. The Morgan fingerprint density at radius 3 is 2.38 bits per heavy atom. The molecule has 0 saturated carbocycles. The highest BCUT2D eigenvalue weighted by atomic mass is 19.4. The summed E-state index contributed by atoms with van der Waals surface area (Å²) in [5.41, 5.74) is -1.38. The van der Waals surface area contributed by atoms with E-state index >= 15 is 0 Å². The van der Waals surface area contributed by atoms with Crippen LogP contribution in [0.1, 0.15) is 27.9 Å². The number of hydrogen-bond acceptors (Lipinski definition) is 5. The van der Waals surface area contributed by atoms with E-state index < -0.39 is 35.9 Å². The van der Waals surface area contributed by atoms with Gasteiger partial charge in [0.25, 0.3) is 0 Å². The number of rotatable bonds is 5. The molecule has 0 radical (unpaired) electrons. The smallest absolute Gasteiger partial charge is 0.416 e. The standard InChI is InChI=1S/C21H17F3O5/c22-21(23,24)17-8-6-14(7-9-17)10-16-11-20(12-25,29-19(16)27)13-28-18(26)15-4-2-1-3-5-15/h1-10,25H,11-13H2/b16-10+. The minimum atomic E-state index is -4.45. The molecule has 8 heteroatoms. The van der Waals surface area contributed by atoms with Gasteiger partial charge in [-0.05, 0) is 35.9 Å². The number of cyclic esters (lactones) is 1. The Bertz CT molecular complexity index is 920. The summed E-state index contributed by atoms with van der Waals surface area (Å²) in [7, 11) is 0. The van der Waals surface area contributed by atoms with Crippen molar-refractivity contribution >= 4 is 18.0 Å². The highest BCUT2D eigenvalue weighted by Crippen LogP contribution is 2.33. The molecule has 1 saturated heterocycles. The molecule has 0 aliphatic carbocycles. The summed E-state index contributed by atoms with van der Waals surface area (Å²) in [5, 5.41) is 9.71. The molecule has 1 heterocycles. The molecule has 2 aromatic carbocycles. The summed E-state index contributed by atoms with van der Waals surface area (Å²) >= 11 is 0. The van der Waals surface area contributed by atoms with Crippen LogP contribution >= 0.6 is 0 Å². The van der Waals surface area contributed by atoms with Crippen molar-refractivity contribution in [1.29, 1.82) is 0 Å². The van der Waals surface area contributed by atoms with E-state index in [4.69, 9.17) is 9.47 Å². The maximum atomic E-state index is 12.6. The molecule has 1 unspecified atom stereocenters. The van der Waals surface area contributed by atoms with Gasteiger partial charge in [-0.2, -0.15) is 13.2 Å². The van der Waals surface area contributed by atoms with Crippen molar-refractivity contribution in [2.24, 2.45) is 0 Å². The molecule has 1 aliphatic rings. The van der Waals surface area contributed by atoms with Crippen molar-refractivity contribution in [1.82, 2.24) is 0 Å². The molecular weight excluding hydrogens is 389 g/mol. The number of aliphatic hydroxyl groups is 1. The molecule has 0 aromatic heterocycles. The largest absolute Gasteiger partial charge is 0.458 e. The zero-order valence-corrected chi connectivity index (χ0v) is 15.1. The average molecular weight is 406 g/mol. The lowest BCUT2D eigenvalue weighted by Crippen LogP contribution is -2.39. The minimum absolute atomic E-state index is 0.0502. The van der Waals surface area contributed by atoms with E-state index in [2.05, 4.69) is 0 Å². The summed E-state index contributed by atoms with van der Waals surface area (Å²) in [5.74, 6) is -1.36. The molecule has 0 bridgehead atoms. The Labute approximate surface area is 164 Å². The second-order valence-corrected chi connectivity index (χ2v) is 6.64. The van der Waals surface area contributed by atoms with Crippen LogP contribution in [0.25, 0.3) is 6.08 Å². The number of carbonyl (C=O) groups is 2. The number of aliphatic hydroxyl groups excluding tert-OH is 1. The molecule has 1 N–H and O–H groups in total. The Morgan fingerprint density at radius 2 is 1.79 bits per heavy atom. The highest BCUT2D eigenvalue weighted by Gasteiger charge is 2.44. The lowest BCUT2D eigenvalue weighted by Gasteiger charge is -2.24. The van der Waals surface area contributed by atoms with Crippen molar-refractivity contribution in [3.05, 3.63) is 76.9 Å². The van der Waals surface area contributed by atoms with Gasteiger partial charge in [-0.1, -0.05) is 30.3 Å². The van der Waals surface area contributed by atoms with Gasteiger partial charge in [0.15, 0.2) is 5.60 Å². The van der Waals surface area contributed by atoms with Crippen molar-refractivity contribution in [2.75, 3.05) is 13.2 Å². The topological polar surface area (TPSA) is 72.8 Å². The molecule has 3 rings (SSSR count). The van der Waals surface area contributed by atoms with Crippen LogP contribution in [-0.4, -0.2) is 35.9 Å². The first-order valence-electron chi connectivity index (χ1n) is 8.67. The Kier molecular flexibility index (Phi) is 5.74. The number of benzene rings is 2. The van der Waals surface area contributed by atoms with Crippen molar-refractivity contribution in [3.8, 4) is 0 Å². The average Bonchev–Trinajstić information content (AvgIpc) is 3.02. The maximum absolute atomic E-state index is 12.6. The molecule has 5 nitrogen and oxygen atoms in total. The second-order valence-electron chi connectivity index (χ2n) is 6.64. The van der Waals surface area contributed by atoms with Gasteiger partial charge < -0.3 is 14.6 Å². The predicted octanol–water partition coefficient (Wildman–Crippen LogP) is 3.62. The van der Waals surface area contributed by atoms with E-state index in [-0.39, 0.29) is 18.6 Å². The van der Waals surface area contributed by atoms with Crippen LogP contribution in [0.4, 0.5) is 13.2 Å². The van der Waals surface area contributed by atoms with Crippen LogP contribution < -0.4 is 0 Å². The quantitative estimate of drug-likeness (QED) is 0.607. The van der Waals surface area contributed by atoms with Gasteiger partial charge in [-0.25, -0.2) is 9.59 Å². The third kappa shape index (κ3) is 4.83. The zero-order chi connectivity index (χ0) is 21.1. The summed E-state index contributed by atoms with van der Waals surface area (Å²) < 4.78 is 48.4. The normalized spacial score (nSPS) is 20.6. The number of alkyl halides is 3. The Morgan fingerprint density at radius 1 is 1.14 bits per heavy atom. The molecule has 1 fully saturated rings. The third-order valence-electron chi connectivity index (χ3n) is 4.43. The van der Waals surface area contributed by atoms with Crippen LogP contribution in [-0.2, 0) is 20.4 Å². The van der Waals surface area contributed by atoms with Gasteiger partial charge in [0, 0.05) is 12.0 Å². The number of halogens is 3. The summed E-state index contributed by atoms with van der Waals surface area (Å²) in [6.45, 7) is -0.932. The number of hydrogen-bond donors (Lipinski definition) is 1. The Hall–Kier alpha value is -3.13. The first kappa shape index (κ1) is 20.6. The van der Waals surface area contributed by atoms with E-state index in [1.807, 2.05) is 0 Å². The first-order chi connectivity index (χ1) is 13.7. The maximum Gasteiger partial charge on any atom is 0.416 e. The molecule has 152 valence electrons. The van der Waals surface area contributed by atoms with Crippen LogP contribution in [0.5, 0.6) is 0 Å². The Balaban J connectivity index is 1.71. The first-order valence-corrected chi connectivity index (χ1v) is 8.67. The van der Waals surface area contributed by atoms with Crippen LogP contribution in [0, 0.1) is 0 Å². The summed E-state index contributed by atoms with van der Waals surface area (Å²) in [6, 6.07) is 12.5. The van der Waals surface area contributed by atoms with E-state index in [0.717, 1.165) is 12.1 Å². The highest BCUT2D eigenvalue weighted by molar-refractivity contribution is 5.96. The SMILES string of the molecule is O=C1OC(CO)(COC(=O)c2ccccc2)C/C1=C\c1ccc(C(F)(F)F)cc1. The molecule has 1 aliphatic heterocycles. The van der Waals surface area contributed by atoms with Gasteiger partial charge >= 0.3 is 18.1 Å². The van der Waals surface area contributed by atoms with Crippen molar-refractivity contribution in [2.45, 2.75) is 18.2 Å². The van der Waals surface area contributed by atoms with E-state index in [9.17, 15) is 27.9 Å². The van der Waals surface area contributed by atoms with Gasteiger partial charge in [-0.3, -0.25) is 0 Å². The number of carbonyl (C=O) groups excluding carboxylic acids is 2. The molecule has 1 atom stereocenters. The molecule has 0 spiro atoms. The third-order valence-corrected chi connectivity index (χ3v) is 4.43. The lowest BCUT2D eigenvalue weighted by atomic mass is 9.97. The van der Waals surface area contributed by atoms with Gasteiger partial charge in [0.1, 0.15) is 6.61 Å². The van der Waals surface area contributed by atoms with E-state index in [0.29, 0.717) is 11.1 Å². The van der Waals surface area contributed by atoms with Crippen molar-refractivity contribution < 1.29 is 37.3 Å². The van der Waals surface area contributed by atoms with Crippen LogP contribution in [0.15, 0.2) is 60.2 Å². The van der Waals surface area contributed by atoms with E-state index in [1.54, 1.807) is 30.3 Å². The summed E-state index contributed by atoms with van der Waals surface area (Å²) in [4.78, 5) is 24.2. The molecular formula is C21H17F3O5. The lowest BCUT2D eigenvalue weighted by molar-refractivity contribution is -0.154. The fraction of sp³-hybridized carbons (Fsp3) is 0.238. The van der Waals surface area contributed by atoms with Gasteiger partial charge in [0.05, 0.1) is 17.7 Å². The zero-order valence-electron chi connectivity index (χ0n) is 15.1. The molecule has 2 aromatic rings. The van der Waals surface area contributed by atoms with Gasteiger partial charge in [-0.15, -0.1) is 0 Å². The van der Waals surface area contributed by atoms with Crippen LogP contribution in [0.2, 0.25) is 0 Å². The van der Waals surface area contributed by atoms with Crippen LogP contribution in [0.3, 0.4) is 0 Å². The fourth-order valence-corrected chi connectivity index (χ4v) is 2.87. The fourth-order valence-electron chi connectivity index (χ4n) is 2.87. The van der Waals surface area contributed by atoms with E-state index in [1.165, 1.54) is 18.2 Å². The summed E-state index contributed by atoms with van der Waals surface area (Å²) in [6.07, 6.45) is -3.11. The number of ether oxygens (including phenoxy) is 2. The minimum Gasteiger partial charge on any atom is -0.458 e. The number of esters is 2. The second kappa shape index (κ2) is 8.08. The van der Waals surface area contributed by atoms with Crippen molar-refractivity contribution in [3.63, 3.8) is 0 Å². The molecule has 0 amide bonds.